The molecule has 0 radical (unpaired) electrons. The Morgan fingerprint density at radius 2 is 1.50 bits per heavy atom. The fourth-order valence-corrected chi connectivity index (χ4v) is 3.63. The van der Waals surface area contributed by atoms with Crippen molar-refractivity contribution in [3.05, 3.63) is 35.9 Å². The van der Waals surface area contributed by atoms with Gasteiger partial charge in [0.25, 0.3) is 0 Å². The van der Waals surface area contributed by atoms with Crippen molar-refractivity contribution in [2.45, 2.75) is 84.2 Å². The molecule has 3 heteroatoms. The molecule has 0 aliphatic heterocycles. The van der Waals surface area contributed by atoms with E-state index in [1.54, 1.807) is 0 Å². The van der Waals surface area contributed by atoms with E-state index in [-0.39, 0.29) is 12.0 Å². The van der Waals surface area contributed by atoms with Gasteiger partial charge in [-0.1, -0.05) is 82.2 Å². The molecule has 0 unspecified atom stereocenters. The van der Waals surface area contributed by atoms with Crippen LogP contribution in [0.5, 0.6) is 0 Å². The van der Waals surface area contributed by atoms with Gasteiger partial charge in [-0.2, -0.15) is 0 Å². The molecule has 0 aromatic heterocycles. The van der Waals surface area contributed by atoms with Gasteiger partial charge in [0.05, 0.1) is 20.7 Å². The number of esters is 1. The molecule has 0 heterocycles. The number of rotatable bonds is 14. The van der Waals surface area contributed by atoms with Gasteiger partial charge in [-0.3, -0.25) is 0 Å². The molecular formula is C23H40NO2+. The topological polar surface area (TPSA) is 26.3 Å². The summed E-state index contributed by atoms with van der Waals surface area (Å²) < 4.78 is 6.05. The minimum absolute atomic E-state index is 0.0450. The first-order valence-electron chi connectivity index (χ1n) is 10.5. The number of quaternary nitrogens is 1. The zero-order valence-corrected chi connectivity index (χ0v) is 17.5. The van der Waals surface area contributed by atoms with Crippen LogP contribution >= 0.6 is 0 Å². The third kappa shape index (κ3) is 8.84. The molecule has 1 atom stereocenters. The Kier molecular flexibility index (Phi) is 11.3. The molecule has 0 spiro atoms. The fraction of sp³-hybridized carbons (Fsp3) is 0.696. The molecule has 0 saturated heterocycles. The van der Waals surface area contributed by atoms with Crippen LogP contribution in [0.4, 0.5) is 0 Å². The smallest absolute Gasteiger partial charge is 0.364 e. The first-order valence-corrected chi connectivity index (χ1v) is 10.5. The van der Waals surface area contributed by atoms with Gasteiger partial charge in [0.2, 0.25) is 0 Å². The highest BCUT2D eigenvalue weighted by Gasteiger charge is 2.35. The average molecular weight is 363 g/mol. The van der Waals surface area contributed by atoms with E-state index in [4.69, 9.17) is 4.74 Å². The van der Waals surface area contributed by atoms with Gasteiger partial charge in [0, 0.05) is 12.0 Å². The molecule has 1 rings (SSSR count). The van der Waals surface area contributed by atoms with Crippen molar-refractivity contribution in [2.24, 2.45) is 0 Å². The molecule has 1 aromatic carbocycles. The third-order valence-corrected chi connectivity index (χ3v) is 5.17. The Morgan fingerprint density at radius 1 is 0.923 bits per heavy atom. The van der Waals surface area contributed by atoms with E-state index in [1.165, 1.54) is 50.5 Å². The minimum Gasteiger partial charge on any atom is -0.462 e. The minimum atomic E-state index is -0.0877. The highest BCUT2D eigenvalue weighted by molar-refractivity contribution is 5.74. The van der Waals surface area contributed by atoms with E-state index >= 15 is 0 Å². The maximum absolute atomic E-state index is 12.6. The van der Waals surface area contributed by atoms with Crippen LogP contribution in [0.3, 0.4) is 0 Å². The first kappa shape index (κ1) is 22.7. The maximum atomic E-state index is 12.6. The number of unbranched alkanes of at least 4 members (excludes halogenated alkanes) is 7. The monoisotopic (exact) mass is 362 g/mol. The summed E-state index contributed by atoms with van der Waals surface area (Å²) in [5.41, 5.74) is 1.27. The molecule has 3 nitrogen and oxygen atoms in total. The molecule has 26 heavy (non-hydrogen) atoms. The number of hydrogen-bond acceptors (Lipinski definition) is 2. The Balaban J connectivity index is 2.51. The summed E-state index contributed by atoms with van der Waals surface area (Å²) in [6, 6.07) is 10.3. The van der Waals surface area contributed by atoms with Crippen LogP contribution in [0.2, 0.25) is 0 Å². The zero-order chi connectivity index (χ0) is 19.3. The number of carbonyl (C=O) groups is 1. The summed E-state index contributed by atoms with van der Waals surface area (Å²) >= 11 is 0. The van der Waals surface area contributed by atoms with Crippen LogP contribution in [0.25, 0.3) is 0 Å². The summed E-state index contributed by atoms with van der Waals surface area (Å²) in [6.45, 7) is 5.45. The highest BCUT2D eigenvalue weighted by Crippen LogP contribution is 2.21. The SMILES string of the molecule is CCCCCCCCCC[C@H](C(=O)OCC)[N+](C)(C)Cc1ccccc1. The molecule has 0 amide bonds. The van der Waals surface area contributed by atoms with Crippen LogP contribution in [-0.2, 0) is 16.1 Å². The van der Waals surface area contributed by atoms with Crippen molar-refractivity contribution in [3.8, 4) is 0 Å². The average Bonchev–Trinajstić information content (AvgIpc) is 2.60. The lowest BCUT2D eigenvalue weighted by molar-refractivity contribution is -0.920. The molecule has 0 saturated carbocycles. The molecular weight excluding hydrogens is 322 g/mol. The van der Waals surface area contributed by atoms with Crippen LogP contribution in [0.15, 0.2) is 30.3 Å². The van der Waals surface area contributed by atoms with Gasteiger partial charge in [0.1, 0.15) is 6.54 Å². The van der Waals surface area contributed by atoms with E-state index in [1.807, 2.05) is 13.0 Å². The second-order valence-electron chi connectivity index (χ2n) is 7.95. The summed E-state index contributed by atoms with van der Waals surface area (Å²) in [6.07, 6.45) is 11.2. The Hall–Kier alpha value is -1.35. The Bertz CT molecular complexity index is 484. The van der Waals surface area contributed by atoms with E-state index in [2.05, 4.69) is 45.3 Å². The first-order chi connectivity index (χ1) is 12.5. The van der Waals surface area contributed by atoms with Crippen LogP contribution in [0.1, 0.15) is 77.2 Å². The number of likely N-dealkylation sites (N-methyl/N-ethyl adjacent to an activating group) is 1. The van der Waals surface area contributed by atoms with Crippen molar-refractivity contribution in [1.82, 2.24) is 0 Å². The molecule has 148 valence electrons. The summed E-state index contributed by atoms with van der Waals surface area (Å²) in [5, 5.41) is 0. The fourth-order valence-electron chi connectivity index (χ4n) is 3.63. The number of benzene rings is 1. The van der Waals surface area contributed by atoms with Crippen molar-refractivity contribution < 1.29 is 14.0 Å². The maximum Gasteiger partial charge on any atom is 0.364 e. The third-order valence-electron chi connectivity index (χ3n) is 5.17. The predicted octanol–water partition coefficient (Wildman–Crippen LogP) is 5.73. The number of carbonyl (C=O) groups excluding carboxylic acids is 1. The van der Waals surface area contributed by atoms with Crippen molar-refractivity contribution in [1.29, 1.82) is 0 Å². The molecule has 0 fully saturated rings. The van der Waals surface area contributed by atoms with E-state index in [0.29, 0.717) is 11.1 Å². The second-order valence-corrected chi connectivity index (χ2v) is 7.95. The lowest BCUT2D eigenvalue weighted by atomic mass is 10.0. The zero-order valence-electron chi connectivity index (χ0n) is 17.5. The van der Waals surface area contributed by atoms with Gasteiger partial charge in [-0.05, 0) is 13.3 Å². The van der Waals surface area contributed by atoms with Crippen LogP contribution < -0.4 is 0 Å². The standard InChI is InChI=1S/C23H40NO2/c1-5-7-8-9-10-11-12-16-19-22(23(25)26-6-2)24(3,4)20-21-17-14-13-15-18-21/h13-15,17-18,22H,5-12,16,19-20H2,1-4H3/q+1/t22-/m1/s1. The number of ether oxygens (including phenoxy) is 1. The lowest BCUT2D eigenvalue weighted by Gasteiger charge is -2.36. The van der Waals surface area contributed by atoms with Crippen molar-refractivity contribution in [2.75, 3.05) is 20.7 Å². The second kappa shape index (κ2) is 12.9. The lowest BCUT2D eigenvalue weighted by Crippen LogP contribution is -2.52. The number of nitrogens with zero attached hydrogens (tertiary/aromatic N) is 1. The Morgan fingerprint density at radius 3 is 2.08 bits per heavy atom. The molecule has 1 aromatic rings. The van der Waals surface area contributed by atoms with E-state index in [0.717, 1.165) is 19.4 Å². The predicted molar refractivity (Wildman–Crippen MR) is 110 cm³/mol. The number of hydrogen-bond donors (Lipinski definition) is 0. The highest BCUT2D eigenvalue weighted by atomic mass is 16.5. The van der Waals surface area contributed by atoms with E-state index in [9.17, 15) is 4.79 Å². The van der Waals surface area contributed by atoms with Crippen LogP contribution in [0, 0.1) is 0 Å². The molecule has 0 aliphatic rings. The quantitative estimate of drug-likeness (QED) is 0.240. The summed E-state index contributed by atoms with van der Waals surface area (Å²) in [5.74, 6) is -0.0450. The van der Waals surface area contributed by atoms with Crippen LogP contribution in [-0.4, -0.2) is 37.2 Å². The van der Waals surface area contributed by atoms with Gasteiger partial charge >= 0.3 is 5.97 Å². The molecule has 0 N–H and O–H groups in total. The van der Waals surface area contributed by atoms with Crippen molar-refractivity contribution in [3.63, 3.8) is 0 Å². The normalized spacial score (nSPS) is 12.8. The van der Waals surface area contributed by atoms with E-state index < -0.39 is 0 Å². The molecule has 0 bridgehead atoms. The van der Waals surface area contributed by atoms with Gasteiger partial charge in [-0.15, -0.1) is 0 Å². The Labute approximate surface area is 161 Å². The van der Waals surface area contributed by atoms with Gasteiger partial charge < -0.3 is 9.22 Å². The molecule has 0 aliphatic carbocycles. The van der Waals surface area contributed by atoms with Gasteiger partial charge in [0.15, 0.2) is 6.04 Å². The largest absolute Gasteiger partial charge is 0.462 e. The summed E-state index contributed by atoms with van der Waals surface area (Å²) in [7, 11) is 4.30. The summed E-state index contributed by atoms with van der Waals surface area (Å²) in [4.78, 5) is 12.6. The van der Waals surface area contributed by atoms with Gasteiger partial charge in [-0.25, -0.2) is 4.79 Å². The van der Waals surface area contributed by atoms with Crippen molar-refractivity contribution >= 4 is 5.97 Å².